The second kappa shape index (κ2) is 7.64. The number of ether oxygens (including phenoxy) is 2. The number of rotatable bonds is 6. The highest BCUT2D eigenvalue weighted by Gasteiger charge is 2.19. The number of hydrogen-bond donors (Lipinski definition) is 1. The molecule has 0 spiro atoms. The number of carbonyl (C=O) groups is 2. The van der Waals surface area contributed by atoms with Crippen molar-refractivity contribution in [3.63, 3.8) is 0 Å². The van der Waals surface area contributed by atoms with Gasteiger partial charge >= 0.3 is 5.97 Å². The van der Waals surface area contributed by atoms with E-state index in [-0.39, 0.29) is 12.4 Å². The fraction of sp³-hybridized carbons (Fsp3) is 0.267. The first-order chi connectivity index (χ1) is 10.9. The molecule has 2 aromatic rings. The van der Waals surface area contributed by atoms with Crippen molar-refractivity contribution in [2.75, 3.05) is 11.9 Å². The maximum absolute atomic E-state index is 11.8. The van der Waals surface area contributed by atoms with Gasteiger partial charge in [0, 0.05) is 11.1 Å². The minimum Gasteiger partial charge on any atom is -0.482 e. The van der Waals surface area contributed by atoms with E-state index in [0.717, 1.165) is 0 Å². The number of nitrogens with one attached hydrogen (secondary N) is 1. The van der Waals surface area contributed by atoms with Crippen LogP contribution in [-0.2, 0) is 14.3 Å². The van der Waals surface area contributed by atoms with E-state index >= 15 is 0 Å². The first kappa shape index (κ1) is 16.8. The average molecular weight is 339 g/mol. The quantitative estimate of drug-likeness (QED) is 0.814. The Hall–Kier alpha value is -2.54. The number of hydrogen-bond acceptors (Lipinski definition) is 6. The van der Waals surface area contributed by atoms with E-state index in [0.29, 0.717) is 16.5 Å². The van der Waals surface area contributed by atoms with Crippen LogP contribution >= 0.6 is 11.6 Å². The van der Waals surface area contributed by atoms with Gasteiger partial charge in [-0.1, -0.05) is 22.8 Å². The van der Waals surface area contributed by atoms with Gasteiger partial charge in [-0.15, -0.1) is 0 Å². The molecule has 1 aromatic carbocycles. The predicted molar refractivity (Wildman–Crippen MR) is 82.4 cm³/mol. The van der Waals surface area contributed by atoms with E-state index in [1.807, 2.05) is 0 Å². The molecule has 23 heavy (non-hydrogen) atoms. The number of aromatic nitrogens is 1. The molecule has 0 saturated heterocycles. The molecule has 0 saturated carbocycles. The Morgan fingerprint density at radius 1 is 1.39 bits per heavy atom. The summed E-state index contributed by atoms with van der Waals surface area (Å²) in [5.74, 6) is 0.0495. The van der Waals surface area contributed by atoms with Gasteiger partial charge in [-0.3, -0.25) is 4.79 Å². The van der Waals surface area contributed by atoms with Crippen molar-refractivity contribution in [3.05, 3.63) is 41.1 Å². The fourth-order valence-electron chi connectivity index (χ4n) is 1.64. The molecule has 0 aliphatic carbocycles. The largest absolute Gasteiger partial charge is 0.482 e. The lowest BCUT2D eigenvalue weighted by Crippen LogP contribution is -2.31. The summed E-state index contributed by atoms with van der Waals surface area (Å²) in [4.78, 5) is 23.5. The highest BCUT2D eigenvalue weighted by atomic mass is 35.5. The van der Waals surface area contributed by atoms with Gasteiger partial charge in [0.2, 0.25) is 0 Å². The third-order valence-electron chi connectivity index (χ3n) is 2.71. The first-order valence-corrected chi connectivity index (χ1v) is 7.14. The third kappa shape index (κ3) is 5.30. The van der Waals surface area contributed by atoms with E-state index in [9.17, 15) is 9.59 Å². The number of halogens is 1. The van der Waals surface area contributed by atoms with Gasteiger partial charge in [0.25, 0.3) is 5.91 Å². The fourth-order valence-corrected chi connectivity index (χ4v) is 1.82. The van der Waals surface area contributed by atoms with Crippen molar-refractivity contribution >= 4 is 29.3 Å². The van der Waals surface area contributed by atoms with Crippen LogP contribution in [0.3, 0.4) is 0 Å². The van der Waals surface area contributed by atoms with Crippen LogP contribution < -0.4 is 10.1 Å². The van der Waals surface area contributed by atoms with Crippen molar-refractivity contribution in [1.29, 1.82) is 0 Å². The molecule has 0 bridgehead atoms. The van der Waals surface area contributed by atoms with E-state index < -0.39 is 18.0 Å². The monoisotopic (exact) mass is 338 g/mol. The first-order valence-electron chi connectivity index (χ1n) is 6.76. The summed E-state index contributed by atoms with van der Waals surface area (Å²) in [5, 5.41) is 6.58. The highest BCUT2D eigenvalue weighted by Crippen LogP contribution is 2.17. The molecular weight excluding hydrogens is 324 g/mol. The van der Waals surface area contributed by atoms with Crippen LogP contribution in [0.1, 0.15) is 12.7 Å². The molecule has 2 rings (SSSR count). The van der Waals surface area contributed by atoms with Gasteiger partial charge in [0.1, 0.15) is 11.5 Å². The second-order valence-corrected chi connectivity index (χ2v) is 5.13. The zero-order valence-electron chi connectivity index (χ0n) is 12.5. The molecule has 1 atom stereocenters. The summed E-state index contributed by atoms with van der Waals surface area (Å²) in [7, 11) is 0. The molecule has 1 aromatic heterocycles. The maximum Gasteiger partial charge on any atom is 0.344 e. The summed E-state index contributed by atoms with van der Waals surface area (Å²) in [6.45, 7) is 2.81. The number of carbonyl (C=O) groups excluding carboxylic acids is 2. The predicted octanol–water partition coefficient (Wildman–Crippen LogP) is 2.59. The minimum absolute atomic E-state index is 0.255. The van der Waals surface area contributed by atoms with Crippen molar-refractivity contribution in [1.82, 2.24) is 5.16 Å². The molecular formula is C15H15ClN2O5. The summed E-state index contributed by atoms with van der Waals surface area (Å²) >= 11 is 5.80. The van der Waals surface area contributed by atoms with E-state index in [1.165, 1.54) is 6.92 Å². The standard InChI is InChI=1S/C15H15ClN2O5/c1-9-6-13(18-23-9)17-15(20)10(2)22-14(19)8-21-12-5-3-4-11(16)7-12/h3-7,10H,8H2,1-2H3,(H,17,18,20)/t10-/m0/s1. The molecule has 1 amide bonds. The normalized spacial score (nSPS) is 11.6. The molecule has 0 aliphatic rings. The van der Waals surface area contributed by atoms with Crippen LogP contribution in [0.5, 0.6) is 5.75 Å². The van der Waals surface area contributed by atoms with Crippen molar-refractivity contribution in [2.45, 2.75) is 20.0 Å². The summed E-state index contributed by atoms with van der Waals surface area (Å²) in [5.41, 5.74) is 0. The van der Waals surface area contributed by atoms with Gasteiger partial charge in [-0.25, -0.2) is 4.79 Å². The van der Waals surface area contributed by atoms with E-state index in [2.05, 4.69) is 10.5 Å². The number of nitrogens with zero attached hydrogens (tertiary/aromatic N) is 1. The molecule has 0 aliphatic heterocycles. The lowest BCUT2D eigenvalue weighted by Gasteiger charge is -2.12. The van der Waals surface area contributed by atoms with Crippen molar-refractivity contribution in [3.8, 4) is 5.75 Å². The molecule has 0 fully saturated rings. The van der Waals surface area contributed by atoms with Crippen LogP contribution in [0.4, 0.5) is 5.82 Å². The Kier molecular flexibility index (Phi) is 5.59. The SMILES string of the molecule is Cc1cc(NC(=O)[C@H](C)OC(=O)COc2cccc(Cl)c2)no1. The van der Waals surface area contributed by atoms with E-state index in [4.69, 9.17) is 25.6 Å². The minimum atomic E-state index is -0.998. The van der Waals surface area contributed by atoms with Gasteiger partial charge in [0.05, 0.1) is 0 Å². The lowest BCUT2D eigenvalue weighted by molar-refractivity contribution is -0.155. The molecule has 0 unspecified atom stereocenters. The number of esters is 1. The number of anilines is 1. The van der Waals surface area contributed by atoms with Gasteiger partial charge < -0.3 is 19.3 Å². The Balaban J connectivity index is 1.78. The maximum atomic E-state index is 11.8. The van der Waals surface area contributed by atoms with Crippen LogP contribution in [0.25, 0.3) is 0 Å². The molecule has 122 valence electrons. The van der Waals surface area contributed by atoms with Crippen molar-refractivity contribution in [2.24, 2.45) is 0 Å². The number of amides is 1. The van der Waals surface area contributed by atoms with Gasteiger partial charge in [-0.05, 0) is 32.0 Å². The lowest BCUT2D eigenvalue weighted by atomic mass is 10.3. The zero-order valence-corrected chi connectivity index (χ0v) is 13.3. The zero-order chi connectivity index (χ0) is 16.8. The molecule has 0 radical (unpaired) electrons. The Morgan fingerprint density at radius 3 is 2.83 bits per heavy atom. The molecule has 1 N–H and O–H groups in total. The van der Waals surface area contributed by atoms with Crippen LogP contribution in [0.2, 0.25) is 5.02 Å². The number of benzene rings is 1. The van der Waals surface area contributed by atoms with Crippen LogP contribution in [-0.4, -0.2) is 29.7 Å². The smallest absolute Gasteiger partial charge is 0.344 e. The van der Waals surface area contributed by atoms with E-state index in [1.54, 1.807) is 37.3 Å². The Morgan fingerprint density at radius 2 is 2.17 bits per heavy atom. The molecule has 8 heteroatoms. The highest BCUT2D eigenvalue weighted by molar-refractivity contribution is 6.30. The van der Waals surface area contributed by atoms with Crippen LogP contribution in [0.15, 0.2) is 34.9 Å². The van der Waals surface area contributed by atoms with Crippen molar-refractivity contribution < 1.29 is 23.6 Å². The molecule has 7 nitrogen and oxygen atoms in total. The second-order valence-electron chi connectivity index (χ2n) is 4.69. The third-order valence-corrected chi connectivity index (χ3v) is 2.94. The summed E-state index contributed by atoms with van der Waals surface area (Å²) in [6, 6.07) is 8.15. The number of aryl methyl sites for hydroxylation is 1. The Bertz CT molecular complexity index is 701. The average Bonchev–Trinajstić information content (AvgIpc) is 2.90. The summed E-state index contributed by atoms with van der Waals surface area (Å²) < 4.78 is 15.0. The van der Waals surface area contributed by atoms with Gasteiger partial charge in [-0.2, -0.15) is 0 Å². The van der Waals surface area contributed by atoms with Gasteiger partial charge in [0.15, 0.2) is 18.5 Å². The Labute approximate surface area is 137 Å². The topological polar surface area (TPSA) is 90.7 Å². The van der Waals surface area contributed by atoms with Crippen LogP contribution in [0, 0.1) is 6.92 Å². The molecule has 1 heterocycles. The summed E-state index contributed by atoms with van der Waals surface area (Å²) in [6.07, 6.45) is -0.998.